The number of hydrogen-bond donors (Lipinski definition) is 2. The van der Waals surface area contributed by atoms with Crippen LogP contribution < -0.4 is 0 Å². The van der Waals surface area contributed by atoms with Crippen LogP contribution in [0.1, 0.15) is 41.6 Å². The standard InChI is InChI=1S/C18H21NO4/c1-23-13-5-4-12-3-2-6-19-17(22)14-8-16(21)15(20)7-11(14)9-18(12,19)10-13/h4,7-8,13,20-21H,2-3,5-6,9-10H2,1H3/t13-,18+/m0/s1. The molecule has 1 aromatic carbocycles. The van der Waals surface area contributed by atoms with Crippen LogP contribution in [-0.2, 0) is 11.2 Å². The number of carbonyl (C=O) groups is 1. The fraction of sp³-hybridized carbons (Fsp3) is 0.500. The highest BCUT2D eigenvalue weighted by molar-refractivity contribution is 5.99. The summed E-state index contributed by atoms with van der Waals surface area (Å²) >= 11 is 0. The first-order valence-electron chi connectivity index (χ1n) is 8.14. The Morgan fingerprint density at radius 3 is 2.87 bits per heavy atom. The summed E-state index contributed by atoms with van der Waals surface area (Å²) in [5.41, 5.74) is 2.31. The van der Waals surface area contributed by atoms with Crippen molar-refractivity contribution in [2.24, 2.45) is 0 Å². The molecule has 1 fully saturated rings. The predicted molar refractivity (Wildman–Crippen MR) is 84.6 cm³/mol. The SMILES string of the molecule is CO[C@H]1CC=C2CCCN3C(=O)c4cc(O)c(O)cc4C[C@@]23C1. The zero-order valence-corrected chi connectivity index (χ0v) is 13.2. The second kappa shape index (κ2) is 4.99. The van der Waals surface area contributed by atoms with Gasteiger partial charge in [0, 0.05) is 32.1 Å². The van der Waals surface area contributed by atoms with Crippen LogP contribution in [0.5, 0.6) is 11.5 Å². The van der Waals surface area contributed by atoms with Gasteiger partial charge in [-0.2, -0.15) is 0 Å². The number of nitrogens with zero attached hydrogens (tertiary/aromatic N) is 1. The van der Waals surface area contributed by atoms with Crippen LogP contribution in [0.15, 0.2) is 23.8 Å². The first-order chi connectivity index (χ1) is 11.0. The van der Waals surface area contributed by atoms with E-state index in [0.717, 1.165) is 37.8 Å². The quantitative estimate of drug-likeness (QED) is 0.616. The van der Waals surface area contributed by atoms with Crippen molar-refractivity contribution in [3.05, 3.63) is 34.9 Å². The first-order valence-corrected chi connectivity index (χ1v) is 8.14. The van der Waals surface area contributed by atoms with E-state index in [2.05, 4.69) is 6.08 Å². The maximum Gasteiger partial charge on any atom is 0.255 e. The van der Waals surface area contributed by atoms with Crippen molar-refractivity contribution in [2.45, 2.75) is 43.7 Å². The lowest BCUT2D eigenvalue weighted by Crippen LogP contribution is -2.62. The van der Waals surface area contributed by atoms with E-state index in [1.165, 1.54) is 17.7 Å². The number of rotatable bonds is 1. The second-order valence-electron chi connectivity index (χ2n) is 6.79. The first kappa shape index (κ1) is 14.6. The largest absolute Gasteiger partial charge is 0.504 e. The molecular weight excluding hydrogens is 294 g/mol. The molecule has 23 heavy (non-hydrogen) atoms. The summed E-state index contributed by atoms with van der Waals surface area (Å²) in [5, 5.41) is 19.6. The van der Waals surface area contributed by atoms with Crippen molar-refractivity contribution in [1.82, 2.24) is 4.90 Å². The van der Waals surface area contributed by atoms with E-state index < -0.39 is 0 Å². The van der Waals surface area contributed by atoms with Gasteiger partial charge in [-0.25, -0.2) is 0 Å². The fourth-order valence-electron chi connectivity index (χ4n) is 4.50. The van der Waals surface area contributed by atoms with Crippen LogP contribution in [0.3, 0.4) is 0 Å². The van der Waals surface area contributed by atoms with Crippen LogP contribution in [-0.4, -0.2) is 46.3 Å². The molecule has 1 amide bonds. The van der Waals surface area contributed by atoms with Crippen molar-refractivity contribution in [2.75, 3.05) is 13.7 Å². The van der Waals surface area contributed by atoms with E-state index >= 15 is 0 Å². The molecule has 0 radical (unpaired) electrons. The van der Waals surface area contributed by atoms with Crippen LogP contribution in [0, 0.1) is 0 Å². The Hall–Kier alpha value is -2.01. The maximum absolute atomic E-state index is 13.0. The van der Waals surface area contributed by atoms with Crippen molar-refractivity contribution >= 4 is 5.91 Å². The Morgan fingerprint density at radius 1 is 1.30 bits per heavy atom. The Bertz CT molecular complexity index is 711. The lowest BCUT2D eigenvalue weighted by molar-refractivity contribution is 0.00468. The topological polar surface area (TPSA) is 70.0 Å². The Labute approximate surface area is 135 Å². The molecule has 3 aliphatic rings. The summed E-state index contributed by atoms with van der Waals surface area (Å²) in [6, 6.07) is 2.94. The minimum absolute atomic E-state index is 0.0519. The lowest BCUT2D eigenvalue weighted by atomic mass is 9.67. The Kier molecular flexibility index (Phi) is 3.17. The number of hydrogen-bond acceptors (Lipinski definition) is 4. The van der Waals surface area contributed by atoms with Gasteiger partial charge >= 0.3 is 0 Å². The molecule has 1 spiro atoms. The van der Waals surface area contributed by atoms with Gasteiger partial charge in [-0.15, -0.1) is 0 Å². The zero-order chi connectivity index (χ0) is 16.2. The van der Waals surface area contributed by atoms with E-state index in [1.807, 2.05) is 4.90 Å². The van der Waals surface area contributed by atoms with Crippen molar-refractivity contribution < 1.29 is 19.7 Å². The van der Waals surface area contributed by atoms with E-state index in [9.17, 15) is 15.0 Å². The summed E-state index contributed by atoms with van der Waals surface area (Å²) in [7, 11) is 1.72. The maximum atomic E-state index is 13.0. The zero-order valence-electron chi connectivity index (χ0n) is 13.2. The van der Waals surface area contributed by atoms with Crippen LogP contribution in [0.2, 0.25) is 0 Å². The average Bonchev–Trinajstić information content (AvgIpc) is 2.55. The number of phenols is 2. The highest BCUT2D eigenvalue weighted by atomic mass is 16.5. The van der Waals surface area contributed by atoms with E-state index in [1.54, 1.807) is 7.11 Å². The number of amides is 1. The van der Waals surface area contributed by atoms with E-state index in [4.69, 9.17) is 4.74 Å². The van der Waals surface area contributed by atoms with Crippen LogP contribution in [0.4, 0.5) is 0 Å². The molecule has 0 unspecified atom stereocenters. The molecule has 1 aliphatic carbocycles. The van der Waals surface area contributed by atoms with Gasteiger partial charge in [0.05, 0.1) is 11.6 Å². The molecule has 1 saturated heterocycles. The van der Waals surface area contributed by atoms with Gasteiger partial charge in [0.25, 0.3) is 5.91 Å². The van der Waals surface area contributed by atoms with E-state index in [0.29, 0.717) is 12.0 Å². The predicted octanol–water partition coefficient (Wildman–Crippen LogP) is 2.36. The Balaban J connectivity index is 1.86. The normalized spacial score (nSPS) is 29.4. The van der Waals surface area contributed by atoms with Gasteiger partial charge in [-0.05, 0) is 42.5 Å². The van der Waals surface area contributed by atoms with Gasteiger partial charge in [0.2, 0.25) is 0 Å². The van der Waals surface area contributed by atoms with Gasteiger partial charge < -0.3 is 19.8 Å². The molecule has 5 nitrogen and oxygen atoms in total. The number of ether oxygens (including phenoxy) is 1. The van der Waals surface area contributed by atoms with Gasteiger partial charge in [0.1, 0.15) is 0 Å². The number of piperidine rings is 1. The summed E-state index contributed by atoms with van der Waals surface area (Å²) in [4.78, 5) is 15.0. The number of methoxy groups -OCH3 is 1. The van der Waals surface area contributed by atoms with Crippen molar-refractivity contribution in [3.8, 4) is 11.5 Å². The molecule has 2 atom stereocenters. The lowest BCUT2D eigenvalue weighted by Gasteiger charge is -2.54. The third-order valence-corrected chi connectivity index (χ3v) is 5.63. The van der Waals surface area contributed by atoms with Gasteiger partial charge in [0.15, 0.2) is 11.5 Å². The number of phenolic OH excluding ortho intramolecular Hbond substituents is 2. The minimum Gasteiger partial charge on any atom is -0.504 e. The van der Waals surface area contributed by atoms with Gasteiger partial charge in [-0.1, -0.05) is 6.08 Å². The molecule has 2 N–H and O–H groups in total. The molecule has 0 aromatic heterocycles. The van der Waals surface area contributed by atoms with Crippen LogP contribution >= 0.6 is 0 Å². The minimum atomic E-state index is -0.329. The Morgan fingerprint density at radius 2 is 2.09 bits per heavy atom. The molecule has 4 rings (SSSR count). The highest BCUT2D eigenvalue weighted by Crippen LogP contribution is 2.48. The van der Waals surface area contributed by atoms with Crippen molar-refractivity contribution in [1.29, 1.82) is 0 Å². The average molecular weight is 315 g/mol. The monoisotopic (exact) mass is 315 g/mol. The number of benzene rings is 1. The van der Waals surface area contributed by atoms with Gasteiger partial charge in [-0.3, -0.25) is 4.79 Å². The summed E-state index contributed by atoms with van der Waals surface area (Å²) in [6.07, 6.45) is 6.69. The molecule has 0 saturated carbocycles. The fourth-order valence-corrected chi connectivity index (χ4v) is 4.50. The number of aromatic hydroxyl groups is 2. The summed E-state index contributed by atoms with van der Waals surface area (Å²) < 4.78 is 5.58. The third kappa shape index (κ3) is 1.99. The third-order valence-electron chi connectivity index (χ3n) is 5.63. The molecule has 1 aromatic rings. The second-order valence-corrected chi connectivity index (χ2v) is 6.79. The number of fused-ring (bicyclic) bond motifs is 1. The highest BCUT2D eigenvalue weighted by Gasteiger charge is 2.51. The van der Waals surface area contributed by atoms with Crippen molar-refractivity contribution in [3.63, 3.8) is 0 Å². The molecule has 5 heteroatoms. The van der Waals surface area contributed by atoms with E-state index in [-0.39, 0.29) is 29.0 Å². The summed E-state index contributed by atoms with van der Waals surface area (Å²) in [6.45, 7) is 0.730. The molecule has 122 valence electrons. The smallest absolute Gasteiger partial charge is 0.255 e. The molecular formula is C18H21NO4. The molecule has 0 bridgehead atoms. The molecule has 2 heterocycles. The van der Waals surface area contributed by atoms with Crippen LogP contribution in [0.25, 0.3) is 0 Å². The number of carbonyl (C=O) groups excluding carboxylic acids is 1. The summed E-state index contributed by atoms with van der Waals surface area (Å²) in [5.74, 6) is -0.454. The molecule has 2 aliphatic heterocycles.